The fourth-order valence-corrected chi connectivity index (χ4v) is 1.80. The number of hydrogen-bond acceptors (Lipinski definition) is 3. The summed E-state index contributed by atoms with van der Waals surface area (Å²) in [5.41, 5.74) is 1.01. The molecule has 0 bridgehead atoms. The lowest BCUT2D eigenvalue weighted by molar-refractivity contribution is 0.282. The van der Waals surface area contributed by atoms with Crippen molar-refractivity contribution in [1.82, 2.24) is 5.32 Å². The van der Waals surface area contributed by atoms with E-state index in [-0.39, 0.29) is 24.2 Å². The number of aliphatic hydroxyl groups is 1. The second-order valence-corrected chi connectivity index (χ2v) is 4.35. The van der Waals surface area contributed by atoms with Gasteiger partial charge >= 0.3 is 0 Å². The molecule has 0 spiro atoms. The first-order valence-electron chi connectivity index (χ1n) is 6.36. The van der Waals surface area contributed by atoms with Gasteiger partial charge in [0.05, 0.1) is 7.11 Å². The van der Waals surface area contributed by atoms with Crippen molar-refractivity contribution >= 4 is 0 Å². The molecule has 0 radical (unpaired) electrons. The van der Waals surface area contributed by atoms with Crippen LogP contribution in [0.25, 0.3) is 0 Å². The average Bonchev–Trinajstić information content (AvgIpc) is 2.38. The molecule has 0 aliphatic heterocycles. The van der Waals surface area contributed by atoms with Crippen LogP contribution in [0, 0.1) is 5.82 Å². The van der Waals surface area contributed by atoms with Crippen molar-refractivity contribution in [2.75, 3.05) is 20.3 Å². The summed E-state index contributed by atoms with van der Waals surface area (Å²) in [4.78, 5) is 0. The maximum Gasteiger partial charge on any atom is 0.165 e. The van der Waals surface area contributed by atoms with Gasteiger partial charge in [-0.15, -0.1) is 0 Å². The maximum absolute atomic E-state index is 13.3. The Bertz CT molecular complexity index is 358. The number of ether oxygens (including phenoxy) is 1. The molecule has 0 aliphatic rings. The smallest absolute Gasteiger partial charge is 0.165 e. The molecule has 1 aromatic carbocycles. The van der Waals surface area contributed by atoms with Crippen LogP contribution in [0.3, 0.4) is 0 Å². The summed E-state index contributed by atoms with van der Waals surface area (Å²) in [5.74, 6) is -0.0576. The minimum atomic E-state index is -0.337. The predicted molar refractivity (Wildman–Crippen MR) is 70.3 cm³/mol. The van der Waals surface area contributed by atoms with Crippen LogP contribution in [0.15, 0.2) is 18.2 Å². The number of nitrogens with one attached hydrogen (secondary N) is 1. The Morgan fingerprint density at radius 1 is 1.33 bits per heavy atom. The molecule has 2 N–H and O–H groups in total. The van der Waals surface area contributed by atoms with Crippen LogP contribution >= 0.6 is 0 Å². The zero-order valence-corrected chi connectivity index (χ0v) is 11.1. The number of halogens is 1. The van der Waals surface area contributed by atoms with Crippen LogP contribution in [0.5, 0.6) is 5.75 Å². The first-order valence-corrected chi connectivity index (χ1v) is 6.36. The van der Waals surface area contributed by atoms with Crippen molar-refractivity contribution < 1.29 is 14.2 Å². The lowest BCUT2D eigenvalue weighted by atomic mass is 10.1. The first-order chi connectivity index (χ1) is 8.69. The lowest BCUT2D eigenvalue weighted by Crippen LogP contribution is -2.20. The quantitative estimate of drug-likeness (QED) is 0.702. The van der Waals surface area contributed by atoms with Gasteiger partial charge in [-0.05, 0) is 50.4 Å². The summed E-state index contributed by atoms with van der Waals surface area (Å²) in [7, 11) is 1.47. The summed E-state index contributed by atoms with van der Waals surface area (Å²) >= 11 is 0. The predicted octanol–water partition coefficient (Wildman–Crippen LogP) is 2.65. The Balaban J connectivity index is 2.43. The lowest BCUT2D eigenvalue weighted by Gasteiger charge is -2.15. The molecule has 1 aromatic rings. The third-order valence-corrected chi connectivity index (χ3v) is 2.96. The molecule has 0 amide bonds. The molecule has 1 rings (SSSR count). The standard InChI is InChI=1S/C14H22FNO2/c1-11(16-8-4-3-5-9-17)12-6-7-13(15)14(10-12)18-2/h6-7,10-11,16-17H,3-5,8-9H2,1-2H3. The molecular formula is C14H22FNO2. The van der Waals surface area contributed by atoms with Gasteiger partial charge in [0.25, 0.3) is 0 Å². The monoisotopic (exact) mass is 255 g/mol. The van der Waals surface area contributed by atoms with Gasteiger partial charge in [0.15, 0.2) is 11.6 Å². The van der Waals surface area contributed by atoms with Crippen molar-refractivity contribution in [2.45, 2.75) is 32.2 Å². The van der Waals surface area contributed by atoms with Crippen molar-refractivity contribution in [1.29, 1.82) is 0 Å². The SMILES string of the molecule is COc1cc(C(C)NCCCCCO)ccc1F. The van der Waals surface area contributed by atoms with Crippen molar-refractivity contribution in [3.05, 3.63) is 29.6 Å². The summed E-state index contributed by atoms with van der Waals surface area (Å²) in [6.07, 6.45) is 2.90. The summed E-state index contributed by atoms with van der Waals surface area (Å²) < 4.78 is 18.2. The molecule has 0 saturated heterocycles. The zero-order valence-electron chi connectivity index (χ0n) is 11.1. The van der Waals surface area contributed by atoms with E-state index in [2.05, 4.69) is 5.32 Å². The number of hydrogen-bond donors (Lipinski definition) is 2. The van der Waals surface area contributed by atoms with Crippen molar-refractivity contribution in [3.63, 3.8) is 0 Å². The number of unbranched alkanes of at least 4 members (excludes halogenated alkanes) is 2. The summed E-state index contributed by atoms with van der Waals surface area (Å²) in [5, 5.41) is 12.0. The number of rotatable bonds is 8. The van der Waals surface area contributed by atoms with Crippen LogP contribution in [0.2, 0.25) is 0 Å². The van der Waals surface area contributed by atoms with Gasteiger partial charge in [0, 0.05) is 12.6 Å². The minimum Gasteiger partial charge on any atom is -0.494 e. The van der Waals surface area contributed by atoms with Gasteiger partial charge in [0.2, 0.25) is 0 Å². The zero-order chi connectivity index (χ0) is 13.4. The van der Waals surface area contributed by atoms with E-state index < -0.39 is 0 Å². The van der Waals surface area contributed by atoms with Crippen LogP contribution in [-0.2, 0) is 0 Å². The van der Waals surface area contributed by atoms with Crippen LogP contribution in [0.4, 0.5) is 4.39 Å². The molecule has 0 aliphatic carbocycles. The fraction of sp³-hybridized carbons (Fsp3) is 0.571. The topological polar surface area (TPSA) is 41.5 Å². The van der Waals surface area contributed by atoms with E-state index in [9.17, 15) is 4.39 Å². The number of aliphatic hydroxyl groups excluding tert-OH is 1. The number of benzene rings is 1. The minimum absolute atomic E-state index is 0.161. The molecule has 0 saturated carbocycles. The van der Waals surface area contributed by atoms with E-state index in [4.69, 9.17) is 9.84 Å². The molecule has 18 heavy (non-hydrogen) atoms. The van der Waals surface area contributed by atoms with Crippen molar-refractivity contribution in [2.24, 2.45) is 0 Å². The molecule has 1 unspecified atom stereocenters. The highest BCUT2D eigenvalue weighted by atomic mass is 19.1. The molecule has 0 fully saturated rings. The van der Waals surface area contributed by atoms with Gasteiger partial charge in [0.1, 0.15) is 0 Å². The van der Waals surface area contributed by atoms with E-state index >= 15 is 0 Å². The normalized spacial score (nSPS) is 12.4. The van der Waals surface area contributed by atoms with E-state index in [0.717, 1.165) is 31.4 Å². The Kier molecular flexibility index (Phi) is 6.68. The van der Waals surface area contributed by atoms with Crippen molar-refractivity contribution in [3.8, 4) is 5.75 Å². The summed E-state index contributed by atoms with van der Waals surface area (Å²) in [6.45, 7) is 3.18. The average molecular weight is 255 g/mol. The Labute approximate surface area is 108 Å². The van der Waals surface area contributed by atoms with Crippen LogP contribution in [-0.4, -0.2) is 25.4 Å². The van der Waals surface area contributed by atoms with Gasteiger partial charge in [-0.2, -0.15) is 0 Å². The highest BCUT2D eigenvalue weighted by Gasteiger charge is 2.08. The Morgan fingerprint density at radius 3 is 2.78 bits per heavy atom. The van der Waals surface area contributed by atoms with E-state index in [0.29, 0.717) is 0 Å². The third-order valence-electron chi connectivity index (χ3n) is 2.96. The van der Waals surface area contributed by atoms with Gasteiger partial charge < -0.3 is 15.2 Å². The van der Waals surface area contributed by atoms with E-state index in [1.165, 1.54) is 13.2 Å². The summed E-state index contributed by atoms with van der Waals surface area (Å²) in [6, 6.07) is 5.08. The highest BCUT2D eigenvalue weighted by molar-refractivity contribution is 5.31. The maximum atomic E-state index is 13.3. The molecule has 102 valence electrons. The molecule has 3 nitrogen and oxygen atoms in total. The second-order valence-electron chi connectivity index (χ2n) is 4.35. The van der Waals surface area contributed by atoms with Gasteiger partial charge in [-0.25, -0.2) is 4.39 Å². The largest absolute Gasteiger partial charge is 0.494 e. The van der Waals surface area contributed by atoms with Gasteiger partial charge in [-0.3, -0.25) is 0 Å². The Morgan fingerprint density at radius 2 is 2.11 bits per heavy atom. The Hall–Kier alpha value is -1.13. The van der Waals surface area contributed by atoms with Crippen LogP contribution in [0.1, 0.15) is 37.8 Å². The number of methoxy groups -OCH3 is 1. The molecule has 0 aromatic heterocycles. The first kappa shape index (κ1) is 14.9. The fourth-order valence-electron chi connectivity index (χ4n) is 1.80. The van der Waals surface area contributed by atoms with Gasteiger partial charge in [-0.1, -0.05) is 6.07 Å². The molecular weight excluding hydrogens is 233 g/mol. The van der Waals surface area contributed by atoms with Crippen LogP contribution < -0.4 is 10.1 Å². The molecule has 1 atom stereocenters. The third kappa shape index (κ3) is 4.63. The second kappa shape index (κ2) is 8.06. The molecule has 0 heterocycles. The molecule has 4 heteroatoms. The highest BCUT2D eigenvalue weighted by Crippen LogP contribution is 2.22. The van der Waals surface area contributed by atoms with E-state index in [1.54, 1.807) is 12.1 Å². The van der Waals surface area contributed by atoms with E-state index in [1.807, 2.05) is 6.92 Å².